The van der Waals surface area contributed by atoms with Crippen molar-refractivity contribution < 1.29 is 9.90 Å². The predicted octanol–water partition coefficient (Wildman–Crippen LogP) is 2.99. The Morgan fingerprint density at radius 2 is 1.83 bits per heavy atom. The molecule has 0 fully saturated rings. The van der Waals surface area contributed by atoms with E-state index in [0.717, 1.165) is 18.7 Å². The van der Waals surface area contributed by atoms with Crippen LogP contribution in [-0.2, 0) is 13.1 Å². The van der Waals surface area contributed by atoms with Crippen LogP contribution in [0.3, 0.4) is 0 Å². The number of nitrogens with zero attached hydrogens (tertiary/aromatic N) is 1. The minimum atomic E-state index is -0.886. The van der Waals surface area contributed by atoms with Crippen molar-refractivity contribution in [2.45, 2.75) is 26.1 Å². The minimum Gasteiger partial charge on any atom is -0.478 e. The summed E-state index contributed by atoms with van der Waals surface area (Å²) >= 11 is 0. The zero-order chi connectivity index (χ0) is 16.7. The van der Waals surface area contributed by atoms with E-state index in [9.17, 15) is 4.79 Å². The third-order valence-electron chi connectivity index (χ3n) is 3.97. The van der Waals surface area contributed by atoms with Gasteiger partial charge in [0.1, 0.15) is 0 Å². The highest BCUT2D eigenvalue weighted by Gasteiger charge is 2.09. The van der Waals surface area contributed by atoms with Crippen LogP contribution >= 0.6 is 0 Å². The van der Waals surface area contributed by atoms with E-state index in [4.69, 9.17) is 5.11 Å². The number of hydrogen-bond acceptors (Lipinski definition) is 3. The van der Waals surface area contributed by atoms with Crippen LogP contribution in [0.1, 0.15) is 28.4 Å². The number of hydrogen-bond donors (Lipinski definition) is 2. The van der Waals surface area contributed by atoms with Gasteiger partial charge in [-0.15, -0.1) is 0 Å². The van der Waals surface area contributed by atoms with Crippen molar-refractivity contribution in [1.82, 2.24) is 10.2 Å². The SMILES string of the molecule is CC(CNCc1cccc(C(=O)O)c1)N(C)Cc1ccccc1. The maximum absolute atomic E-state index is 11.0. The summed E-state index contributed by atoms with van der Waals surface area (Å²) in [6, 6.07) is 17.8. The van der Waals surface area contributed by atoms with Crippen LogP contribution in [0.15, 0.2) is 54.6 Å². The van der Waals surface area contributed by atoms with Gasteiger partial charge in [0.15, 0.2) is 0 Å². The fraction of sp³-hybridized carbons (Fsp3) is 0.316. The molecular formula is C19H24N2O2. The molecule has 0 saturated heterocycles. The van der Waals surface area contributed by atoms with Crippen molar-refractivity contribution in [3.05, 3.63) is 71.3 Å². The van der Waals surface area contributed by atoms with E-state index in [1.54, 1.807) is 18.2 Å². The smallest absolute Gasteiger partial charge is 0.335 e. The quantitative estimate of drug-likeness (QED) is 0.787. The van der Waals surface area contributed by atoms with Gasteiger partial charge >= 0.3 is 5.97 Å². The number of carboxylic acid groups (broad SMARTS) is 1. The summed E-state index contributed by atoms with van der Waals surface area (Å²) in [5.41, 5.74) is 2.62. The second-order valence-electron chi connectivity index (χ2n) is 5.89. The normalized spacial score (nSPS) is 12.3. The molecule has 0 radical (unpaired) electrons. The molecule has 2 aromatic carbocycles. The molecule has 2 N–H and O–H groups in total. The first-order valence-corrected chi connectivity index (χ1v) is 7.83. The molecule has 0 aliphatic heterocycles. The average molecular weight is 312 g/mol. The molecule has 23 heavy (non-hydrogen) atoms. The summed E-state index contributed by atoms with van der Waals surface area (Å²) in [6.07, 6.45) is 0. The fourth-order valence-corrected chi connectivity index (χ4v) is 2.42. The molecule has 4 nitrogen and oxygen atoms in total. The number of benzene rings is 2. The summed E-state index contributed by atoms with van der Waals surface area (Å²) in [7, 11) is 2.12. The maximum atomic E-state index is 11.0. The van der Waals surface area contributed by atoms with Gasteiger partial charge in [0, 0.05) is 25.7 Å². The van der Waals surface area contributed by atoms with Crippen molar-refractivity contribution >= 4 is 5.97 Å². The lowest BCUT2D eigenvalue weighted by Gasteiger charge is -2.25. The summed E-state index contributed by atoms with van der Waals surface area (Å²) in [5.74, 6) is -0.886. The molecule has 0 aliphatic rings. The van der Waals surface area contributed by atoms with Gasteiger partial charge in [-0.2, -0.15) is 0 Å². The lowest BCUT2D eigenvalue weighted by molar-refractivity contribution is 0.0696. The first-order valence-electron chi connectivity index (χ1n) is 7.83. The molecular weight excluding hydrogens is 288 g/mol. The number of carbonyl (C=O) groups is 1. The first kappa shape index (κ1) is 17.2. The highest BCUT2D eigenvalue weighted by Crippen LogP contribution is 2.07. The summed E-state index contributed by atoms with van der Waals surface area (Å²) < 4.78 is 0. The minimum absolute atomic E-state index is 0.332. The Morgan fingerprint density at radius 1 is 1.13 bits per heavy atom. The lowest BCUT2D eigenvalue weighted by Crippen LogP contribution is -2.37. The Morgan fingerprint density at radius 3 is 2.52 bits per heavy atom. The number of carboxylic acids is 1. The van der Waals surface area contributed by atoms with Crippen molar-refractivity contribution in [1.29, 1.82) is 0 Å². The number of likely N-dealkylation sites (N-methyl/N-ethyl adjacent to an activating group) is 1. The highest BCUT2D eigenvalue weighted by atomic mass is 16.4. The molecule has 0 saturated carbocycles. The molecule has 2 aromatic rings. The molecule has 2 rings (SSSR count). The Kier molecular flexibility index (Phi) is 6.32. The Hall–Kier alpha value is -2.17. The zero-order valence-corrected chi connectivity index (χ0v) is 13.7. The van der Waals surface area contributed by atoms with Gasteiger partial charge in [0.2, 0.25) is 0 Å². The largest absolute Gasteiger partial charge is 0.478 e. The van der Waals surface area contributed by atoms with Crippen molar-refractivity contribution in [2.75, 3.05) is 13.6 Å². The average Bonchev–Trinajstić information content (AvgIpc) is 2.56. The van der Waals surface area contributed by atoms with E-state index in [1.165, 1.54) is 5.56 Å². The van der Waals surface area contributed by atoms with Crippen LogP contribution in [0.25, 0.3) is 0 Å². The van der Waals surface area contributed by atoms with Gasteiger partial charge in [-0.25, -0.2) is 4.79 Å². The van der Waals surface area contributed by atoms with Gasteiger partial charge < -0.3 is 10.4 Å². The molecule has 0 amide bonds. The molecule has 1 atom stereocenters. The Labute approximate surface area is 137 Å². The van der Waals surface area contributed by atoms with Gasteiger partial charge in [-0.3, -0.25) is 4.90 Å². The van der Waals surface area contributed by atoms with Gasteiger partial charge in [-0.1, -0.05) is 42.5 Å². The maximum Gasteiger partial charge on any atom is 0.335 e. The van der Waals surface area contributed by atoms with Crippen molar-refractivity contribution in [3.8, 4) is 0 Å². The van der Waals surface area contributed by atoms with Gasteiger partial charge in [0.05, 0.1) is 5.56 Å². The van der Waals surface area contributed by atoms with Crippen LogP contribution in [0, 0.1) is 0 Å². The Bertz CT molecular complexity index is 628. The van der Waals surface area contributed by atoms with E-state index in [2.05, 4.69) is 48.5 Å². The molecule has 0 spiro atoms. The van der Waals surface area contributed by atoms with E-state index in [1.807, 2.05) is 12.1 Å². The summed E-state index contributed by atoms with van der Waals surface area (Å²) in [5, 5.41) is 12.4. The van der Waals surface area contributed by atoms with Crippen LogP contribution < -0.4 is 5.32 Å². The second kappa shape index (κ2) is 8.46. The van der Waals surface area contributed by atoms with Crippen molar-refractivity contribution in [3.63, 3.8) is 0 Å². The zero-order valence-electron chi connectivity index (χ0n) is 13.7. The third-order valence-corrected chi connectivity index (χ3v) is 3.97. The van der Waals surface area contributed by atoms with Crippen LogP contribution in [0.2, 0.25) is 0 Å². The topological polar surface area (TPSA) is 52.6 Å². The van der Waals surface area contributed by atoms with Gasteiger partial charge in [0.25, 0.3) is 0 Å². The van der Waals surface area contributed by atoms with E-state index < -0.39 is 5.97 Å². The molecule has 122 valence electrons. The van der Waals surface area contributed by atoms with E-state index >= 15 is 0 Å². The third kappa shape index (κ3) is 5.51. The molecule has 0 aliphatic carbocycles. The molecule has 0 aromatic heterocycles. The van der Waals surface area contributed by atoms with E-state index in [0.29, 0.717) is 18.2 Å². The molecule has 0 heterocycles. The summed E-state index contributed by atoms with van der Waals surface area (Å²) in [4.78, 5) is 13.3. The predicted molar refractivity (Wildman–Crippen MR) is 92.5 cm³/mol. The van der Waals surface area contributed by atoms with Crippen molar-refractivity contribution in [2.24, 2.45) is 0 Å². The number of aromatic carboxylic acids is 1. The van der Waals surface area contributed by atoms with Crippen LogP contribution in [0.4, 0.5) is 0 Å². The van der Waals surface area contributed by atoms with Gasteiger partial charge in [-0.05, 0) is 37.2 Å². The number of nitrogens with one attached hydrogen (secondary N) is 1. The molecule has 4 heteroatoms. The standard InChI is InChI=1S/C19H24N2O2/c1-15(21(2)14-16-7-4-3-5-8-16)12-20-13-17-9-6-10-18(11-17)19(22)23/h3-11,15,20H,12-14H2,1-2H3,(H,22,23). The fourth-order valence-electron chi connectivity index (χ4n) is 2.42. The highest BCUT2D eigenvalue weighted by molar-refractivity contribution is 5.87. The monoisotopic (exact) mass is 312 g/mol. The Balaban J connectivity index is 1.79. The summed E-state index contributed by atoms with van der Waals surface area (Å²) in [6.45, 7) is 4.62. The second-order valence-corrected chi connectivity index (χ2v) is 5.89. The van der Waals surface area contributed by atoms with Crippen LogP contribution in [0.5, 0.6) is 0 Å². The molecule has 0 bridgehead atoms. The van der Waals surface area contributed by atoms with Crippen LogP contribution in [-0.4, -0.2) is 35.6 Å². The first-order chi connectivity index (χ1) is 11.1. The molecule has 1 unspecified atom stereocenters. The lowest BCUT2D eigenvalue weighted by atomic mass is 10.1. The number of rotatable bonds is 8. The van der Waals surface area contributed by atoms with E-state index in [-0.39, 0.29) is 0 Å².